The summed E-state index contributed by atoms with van der Waals surface area (Å²) >= 11 is 0. The summed E-state index contributed by atoms with van der Waals surface area (Å²) in [6.45, 7) is 2.46. The van der Waals surface area contributed by atoms with Gasteiger partial charge in [-0.1, -0.05) is 43.2 Å². The summed E-state index contributed by atoms with van der Waals surface area (Å²) in [6, 6.07) is 8.64. The fourth-order valence-electron chi connectivity index (χ4n) is 2.94. The quantitative estimate of drug-likeness (QED) is 0.588. The van der Waals surface area contributed by atoms with Crippen LogP contribution >= 0.6 is 0 Å². The van der Waals surface area contributed by atoms with E-state index in [-0.39, 0.29) is 0 Å². The molecule has 0 heterocycles. The second kappa shape index (κ2) is 8.46. The van der Waals surface area contributed by atoms with Gasteiger partial charge < -0.3 is 10.2 Å². The summed E-state index contributed by atoms with van der Waals surface area (Å²) < 4.78 is 0. The van der Waals surface area contributed by atoms with Gasteiger partial charge >= 0.3 is 0 Å². The molecule has 1 N–H and O–H groups in total. The van der Waals surface area contributed by atoms with Crippen molar-refractivity contribution in [2.24, 2.45) is 5.92 Å². The lowest BCUT2D eigenvalue weighted by Crippen LogP contribution is -2.46. The highest BCUT2D eigenvalue weighted by Gasteiger charge is 2.27. The molecule has 5 heteroatoms. The molecule has 0 bridgehead atoms. The topological polar surface area (TPSA) is 66.5 Å². The Bertz CT molecular complexity index is 538. The van der Waals surface area contributed by atoms with Crippen molar-refractivity contribution in [2.75, 3.05) is 6.54 Å². The number of nitrogens with one attached hydrogen (secondary N) is 1. The molecule has 1 fully saturated rings. The Hall–Kier alpha value is -2.17. The number of amides is 2. The zero-order valence-corrected chi connectivity index (χ0v) is 13.5. The molecule has 124 valence electrons. The summed E-state index contributed by atoms with van der Waals surface area (Å²) in [5.41, 5.74) is 0.922. The number of nitrogens with zero attached hydrogens (tertiary/aromatic N) is 1. The average molecular weight is 316 g/mol. The van der Waals surface area contributed by atoms with Gasteiger partial charge in [-0.05, 0) is 31.2 Å². The maximum Gasteiger partial charge on any atom is 0.289 e. The number of carbonyl (C=O) groups is 3. The van der Waals surface area contributed by atoms with E-state index in [2.05, 4.69) is 5.32 Å². The summed E-state index contributed by atoms with van der Waals surface area (Å²) in [4.78, 5) is 36.9. The third-order valence-corrected chi connectivity index (χ3v) is 4.47. The van der Waals surface area contributed by atoms with Crippen molar-refractivity contribution >= 4 is 18.1 Å². The third-order valence-electron chi connectivity index (χ3n) is 4.47. The van der Waals surface area contributed by atoms with Crippen LogP contribution in [0.1, 0.15) is 38.2 Å². The van der Waals surface area contributed by atoms with E-state index in [1.165, 1.54) is 17.7 Å². The van der Waals surface area contributed by atoms with Gasteiger partial charge in [-0.2, -0.15) is 0 Å². The molecule has 0 aliphatic heterocycles. The van der Waals surface area contributed by atoms with Crippen molar-refractivity contribution in [1.29, 1.82) is 0 Å². The molecule has 0 spiro atoms. The monoisotopic (exact) mass is 316 g/mol. The van der Waals surface area contributed by atoms with E-state index in [9.17, 15) is 14.4 Å². The van der Waals surface area contributed by atoms with Crippen molar-refractivity contribution in [1.82, 2.24) is 10.2 Å². The standard InChI is InChI=1S/C18H24N2O3/c1-14(20(13-21)12-16-9-3-2-4-10-16)17(22)18(23)19-11-15-7-5-6-8-15/h2-4,9-10,13-15H,5-8,11-12H2,1H3,(H,19,23). The van der Waals surface area contributed by atoms with Crippen molar-refractivity contribution in [3.8, 4) is 0 Å². The molecule has 1 aromatic rings. The molecule has 23 heavy (non-hydrogen) atoms. The number of ketones is 1. The Labute approximate surface area is 137 Å². The second-order valence-corrected chi connectivity index (χ2v) is 6.16. The Morgan fingerprint density at radius 3 is 2.52 bits per heavy atom. The van der Waals surface area contributed by atoms with E-state index in [0.29, 0.717) is 25.4 Å². The molecular weight excluding hydrogens is 292 g/mol. The van der Waals surface area contributed by atoms with Crippen LogP contribution in [0.25, 0.3) is 0 Å². The molecule has 1 unspecified atom stereocenters. The number of Topliss-reactive ketones (excluding diaryl/α,β-unsaturated/α-hetero) is 1. The van der Waals surface area contributed by atoms with Crippen LogP contribution in [0.5, 0.6) is 0 Å². The Morgan fingerprint density at radius 1 is 1.26 bits per heavy atom. The number of hydrogen-bond acceptors (Lipinski definition) is 3. The molecule has 5 nitrogen and oxygen atoms in total. The average Bonchev–Trinajstić information content (AvgIpc) is 3.10. The minimum atomic E-state index is -0.767. The van der Waals surface area contributed by atoms with Crippen LogP contribution in [0.4, 0.5) is 0 Å². The van der Waals surface area contributed by atoms with Gasteiger partial charge in [0.05, 0.1) is 6.04 Å². The third kappa shape index (κ3) is 4.91. The first-order chi connectivity index (χ1) is 11.1. The lowest BCUT2D eigenvalue weighted by Gasteiger charge is -2.24. The molecule has 0 radical (unpaired) electrons. The summed E-state index contributed by atoms with van der Waals surface area (Å²) in [5, 5.41) is 2.72. The van der Waals surface area contributed by atoms with Gasteiger partial charge in [0.25, 0.3) is 5.91 Å². The SMILES string of the molecule is CC(C(=O)C(=O)NCC1CCCC1)N(C=O)Cc1ccccc1. The van der Waals surface area contributed by atoms with Gasteiger partial charge in [-0.25, -0.2) is 0 Å². The second-order valence-electron chi connectivity index (χ2n) is 6.16. The Morgan fingerprint density at radius 2 is 1.91 bits per heavy atom. The van der Waals surface area contributed by atoms with Crippen LogP contribution < -0.4 is 5.32 Å². The summed E-state index contributed by atoms with van der Waals surface area (Å²) in [5.74, 6) is -0.677. The molecule has 2 amide bonds. The van der Waals surface area contributed by atoms with Crippen LogP contribution in [0.2, 0.25) is 0 Å². The Balaban J connectivity index is 1.87. The van der Waals surface area contributed by atoms with Crippen molar-refractivity contribution in [3.05, 3.63) is 35.9 Å². The van der Waals surface area contributed by atoms with E-state index in [4.69, 9.17) is 0 Å². The molecule has 0 aromatic heterocycles. The fraction of sp³-hybridized carbons (Fsp3) is 0.500. The highest BCUT2D eigenvalue weighted by Crippen LogP contribution is 2.23. The van der Waals surface area contributed by atoms with Gasteiger partial charge in [0.15, 0.2) is 0 Å². The van der Waals surface area contributed by atoms with Crippen molar-refractivity contribution < 1.29 is 14.4 Å². The van der Waals surface area contributed by atoms with Gasteiger partial charge in [-0.3, -0.25) is 14.4 Å². The smallest absolute Gasteiger partial charge is 0.289 e. The Kier molecular flexibility index (Phi) is 6.32. The van der Waals surface area contributed by atoms with Gasteiger partial charge in [-0.15, -0.1) is 0 Å². The van der Waals surface area contributed by atoms with Gasteiger partial charge in [0.2, 0.25) is 12.2 Å². The molecule has 1 aliphatic carbocycles. The van der Waals surface area contributed by atoms with E-state index in [1.54, 1.807) is 6.92 Å². The lowest BCUT2D eigenvalue weighted by atomic mass is 10.1. The highest BCUT2D eigenvalue weighted by atomic mass is 16.2. The first-order valence-electron chi connectivity index (χ1n) is 8.19. The number of carbonyl (C=O) groups excluding carboxylic acids is 3. The number of rotatable bonds is 8. The summed E-state index contributed by atoms with van der Waals surface area (Å²) in [7, 11) is 0. The van der Waals surface area contributed by atoms with Crippen LogP contribution in [0, 0.1) is 5.92 Å². The maximum absolute atomic E-state index is 12.2. The van der Waals surface area contributed by atoms with Gasteiger partial charge in [0, 0.05) is 13.1 Å². The molecule has 1 saturated carbocycles. The number of hydrogen-bond donors (Lipinski definition) is 1. The maximum atomic E-state index is 12.2. The molecule has 1 aromatic carbocycles. The van der Waals surface area contributed by atoms with Crippen LogP contribution in [0.3, 0.4) is 0 Å². The first kappa shape index (κ1) is 17.2. The van der Waals surface area contributed by atoms with E-state index < -0.39 is 17.7 Å². The zero-order chi connectivity index (χ0) is 16.7. The summed E-state index contributed by atoms with van der Waals surface area (Å²) in [6.07, 6.45) is 5.23. The first-order valence-corrected chi connectivity index (χ1v) is 8.19. The predicted molar refractivity (Wildman–Crippen MR) is 87.5 cm³/mol. The molecule has 1 atom stereocenters. The lowest BCUT2D eigenvalue weighted by molar-refractivity contribution is -0.142. The zero-order valence-electron chi connectivity index (χ0n) is 13.5. The molecule has 1 aliphatic rings. The normalized spacial score (nSPS) is 15.9. The minimum absolute atomic E-state index is 0.313. The molecule has 2 rings (SSSR count). The highest BCUT2D eigenvalue weighted by molar-refractivity contribution is 6.38. The predicted octanol–water partition coefficient (Wildman–Crippen LogP) is 1.91. The van der Waals surface area contributed by atoms with Crippen LogP contribution in [-0.4, -0.2) is 35.6 Å². The van der Waals surface area contributed by atoms with Crippen LogP contribution in [-0.2, 0) is 20.9 Å². The van der Waals surface area contributed by atoms with Crippen molar-refractivity contribution in [3.63, 3.8) is 0 Å². The van der Waals surface area contributed by atoms with Gasteiger partial charge in [0.1, 0.15) is 0 Å². The van der Waals surface area contributed by atoms with Crippen molar-refractivity contribution in [2.45, 2.75) is 45.2 Å². The largest absolute Gasteiger partial charge is 0.349 e. The van der Waals surface area contributed by atoms with E-state index >= 15 is 0 Å². The minimum Gasteiger partial charge on any atom is -0.349 e. The molecule has 0 saturated heterocycles. The van der Waals surface area contributed by atoms with Crippen LogP contribution in [0.15, 0.2) is 30.3 Å². The fourth-order valence-corrected chi connectivity index (χ4v) is 2.94. The van der Waals surface area contributed by atoms with E-state index in [1.807, 2.05) is 30.3 Å². The number of benzene rings is 1. The van der Waals surface area contributed by atoms with E-state index in [0.717, 1.165) is 18.4 Å². The molecular formula is C18H24N2O3.